The molecule has 2 rings (SSSR count). The number of benzene rings is 1. The average molecular weight is 356 g/mol. The van der Waals surface area contributed by atoms with Gasteiger partial charge in [0.2, 0.25) is 0 Å². The smallest absolute Gasteiger partial charge is 0.383 e. The third kappa shape index (κ3) is 2.03. The molecule has 0 aliphatic rings. The summed E-state index contributed by atoms with van der Waals surface area (Å²) in [5.41, 5.74) is 4.18. The van der Waals surface area contributed by atoms with Crippen LogP contribution in [-0.2, 0) is 6.18 Å². The van der Waals surface area contributed by atoms with Crippen LogP contribution in [0.1, 0.15) is 5.56 Å². The van der Waals surface area contributed by atoms with Crippen LogP contribution in [0.5, 0.6) is 0 Å². The van der Waals surface area contributed by atoms with Crippen molar-refractivity contribution in [3.8, 4) is 0 Å². The zero-order chi connectivity index (χ0) is 12.8. The van der Waals surface area contributed by atoms with Gasteiger partial charge in [0.1, 0.15) is 17.2 Å². The van der Waals surface area contributed by atoms with Gasteiger partial charge in [-0.25, -0.2) is 9.37 Å². The van der Waals surface area contributed by atoms with Gasteiger partial charge in [-0.1, -0.05) is 6.07 Å². The molecule has 17 heavy (non-hydrogen) atoms. The molecule has 0 aliphatic carbocycles. The summed E-state index contributed by atoms with van der Waals surface area (Å²) in [6.07, 6.45) is -3.82. The molecule has 0 aliphatic heterocycles. The highest BCUT2D eigenvalue weighted by Crippen LogP contribution is 2.38. The summed E-state index contributed by atoms with van der Waals surface area (Å²) in [4.78, 5) is 3.63. The van der Waals surface area contributed by atoms with E-state index in [1.54, 1.807) is 22.6 Å². The summed E-state index contributed by atoms with van der Waals surface area (Å²) in [6.45, 7) is 0. The van der Waals surface area contributed by atoms with E-state index in [4.69, 9.17) is 5.73 Å². The molecule has 1 aromatic heterocycles. The molecular formula is C10H5F4IN2. The molecule has 1 aromatic carbocycles. The number of anilines is 1. The Morgan fingerprint density at radius 1 is 1.18 bits per heavy atom. The van der Waals surface area contributed by atoms with E-state index in [0.717, 1.165) is 12.3 Å². The van der Waals surface area contributed by atoms with Crippen molar-refractivity contribution in [2.45, 2.75) is 6.18 Å². The lowest BCUT2D eigenvalue weighted by atomic mass is 10.1. The molecule has 0 atom stereocenters. The van der Waals surface area contributed by atoms with Gasteiger partial charge in [-0.2, -0.15) is 13.2 Å². The van der Waals surface area contributed by atoms with Crippen LogP contribution in [0.25, 0.3) is 10.8 Å². The van der Waals surface area contributed by atoms with Crippen molar-refractivity contribution in [3.05, 3.63) is 33.3 Å². The molecule has 0 amide bonds. The van der Waals surface area contributed by atoms with Gasteiger partial charge in [-0.15, -0.1) is 0 Å². The fraction of sp³-hybridized carbons (Fsp3) is 0.100. The van der Waals surface area contributed by atoms with E-state index in [1.807, 2.05) is 0 Å². The fourth-order valence-electron chi connectivity index (χ4n) is 1.54. The number of nitrogens with zero attached hydrogens (tertiary/aromatic N) is 1. The number of halogens is 5. The quantitative estimate of drug-likeness (QED) is 0.579. The fourth-order valence-corrected chi connectivity index (χ4v) is 2.14. The Bertz CT molecular complexity index is 595. The van der Waals surface area contributed by atoms with E-state index in [1.165, 1.54) is 6.07 Å². The maximum absolute atomic E-state index is 13.3. The monoisotopic (exact) mass is 356 g/mol. The van der Waals surface area contributed by atoms with Gasteiger partial charge in [0, 0.05) is 17.0 Å². The summed E-state index contributed by atoms with van der Waals surface area (Å²) < 4.78 is 51.8. The number of hydrogen-bond acceptors (Lipinski definition) is 2. The lowest BCUT2D eigenvalue weighted by molar-refractivity contribution is -0.138. The number of alkyl halides is 3. The highest BCUT2D eigenvalue weighted by molar-refractivity contribution is 14.1. The number of hydrogen-bond donors (Lipinski definition) is 1. The van der Waals surface area contributed by atoms with Crippen LogP contribution in [0, 0.1) is 9.39 Å². The molecule has 2 aromatic rings. The van der Waals surface area contributed by atoms with Gasteiger partial charge in [-0.3, -0.25) is 0 Å². The molecule has 2 N–H and O–H groups in total. The van der Waals surface area contributed by atoms with Crippen LogP contribution >= 0.6 is 22.6 Å². The molecule has 0 fully saturated rings. The lowest BCUT2D eigenvalue weighted by Gasteiger charge is -2.12. The van der Waals surface area contributed by atoms with E-state index >= 15 is 0 Å². The second-order valence-electron chi connectivity index (χ2n) is 3.34. The zero-order valence-electron chi connectivity index (χ0n) is 8.15. The van der Waals surface area contributed by atoms with E-state index in [0.29, 0.717) is 3.57 Å². The van der Waals surface area contributed by atoms with Crippen molar-refractivity contribution in [3.63, 3.8) is 0 Å². The van der Waals surface area contributed by atoms with Crippen LogP contribution in [0.2, 0.25) is 0 Å². The van der Waals surface area contributed by atoms with Crippen LogP contribution < -0.4 is 5.73 Å². The number of aromatic nitrogens is 1. The molecule has 90 valence electrons. The van der Waals surface area contributed by atoms with E-state index in [2.05, 4.69) is 4.98 Å². The summed E-state index contributed by atoms with van der Waals surface area (Å²) in [5.74, 6) is -1.19. The van der Waals surface area contributed by atoms with Crippen molar-refractivity contribution >= 4 is 39.2 Å². The van der Waals surface area contributed by atoms with Crippen molar-refractivity contribution in [1.82, 2.24) is 4.98 Å². The summed E-state index contributed by atoms with van der Waals surface area (Å²) in [6, 6.07) is 2.05. The Balaban J connectivity index is 2.93. The second kappa shape index (κ2) is 3.97. The number of nitrogens with two attached hydrogens (primary N) is 1. The normalized spacial score (nSPS) is 12.1. The number of fused-ring (bicyclic) bond motifs is 1. The Labute approximate surface area is 107 Å². The van der Waals surface area contributed by atoms with E-state index in [-0.39, 0.29) is 16.6 Å². The molecule has 0 saturated heterocycles. The first-order chi connectivity index (χ1) is 7.82. The van der Waals surface area contributed by atoms with Crippen LogP contribution in [0.3, 0.4) is 0 Å². The van der Waals surface area contributed by atoms with Crippen molar-refractivity contribution in [2.75, 3.05) is 5.73 Å². The summed E-state index contributed by atoms with van der Waals surface area (Å²) in [7, 11) is 0. The highest BCUT2D eigenvalue weighted by Gasteiger charge is 2.36. The van der Waals surface area contributed by atoms with Gasteiger partial charge >= 0.3 is 6.18 Å². The molecule has 0 saturated carbocycles. The Morgan fingerprint density at radius 3 is 2.41 bits per heavy atom. The summed E-state index contributed by atoms with van der Waals surface area (Å²) in [5, 5.41) is -0.0390. The highest BCUT2D eigenvalue weighted by atomic mass is 127. The van der Waals surface area contributed by atoms with Crippen molar-refractivity contribution in [1.29, 1.82) is 0 Å². The van der Waals surface area contributed by atoms with E-state index in [9.17, 15) is 17.6 Å². The predicted octanol–water partition coefficient (Wildman–Crippen LogP) is 3.58. The van der Waals surface area contributed by atoms with Gasteiger partial charge in [-0.05, 0) is 28.7 Å². The number of rotatable bonds is 0. The SMILES string of the molecule is Nc1ncc2c(C(F)(F)F)c(F)ccc2c1I. The molecule has 0 bridgehead atoms. The predicted molar refractivity (Wildman–Crippen MR) is 63.8 cm³/mol. The first-order valence-electron chi connectivity index (χ1n) is 4.41. The Hall–Kier alpha value is -1.12. The van der Waals surface area contributed by atoms with Crippen molar-refractivity contribution < 1.29 is 17.6 Å². The Kier molecular flexibility index (Phi) is 2.88. The van der Waals surface area contributed by atoms with E-state index < -0.39 is 17.6 Å². The first-order valence-corrected chi connectivity index (χ1v) is 5.49. The molecule has 0 radical (unpaired) electrons. The lowest BCUT2D eigenvalue weighted by Crippen LogP contribution is -2.10. The van der Waals surface area contributed by atoms with Gasteiger partial charge in [0.05, 0.1) is 3.57 Å². The van der Waals surface area contributed by atoms with Crippen LogP contribution in [0.15, 0.2) is 18.3 Å². The molecule has 2 nitrogen and oxygen atoms in total. The maximum atomic E-state index is 13.3. The maximum Gasteiger partial charge on any atom is 0.419 e. The molecule has 0 unspecified atom stereocenters. The van der Waals surface area contributed by atoms with Crippen LogP contribution in [0.4, 0.5) is 23.4 Å². The van der Waals surface area contributed by atoms with Crippen molar-refractivity contribution in [2.24, 2.45) is 0 Å². The Morgan fingerprint density at radius 2 is 1.82 bits per heavy atom. The molecule has 7 heteroatoms. The number of nitrogen functional groups attached to an aromatic ring is 1. The van der Waals surface area contributed by atoms with Gasteiger partial charge in [0.15, 0.2) is 0 Å². The zero-order valence-corrected chi connectivity index (χ0v) is 10.3. The molecule has 1 heterocycles. The minimum atomic E-state index is -4.76. The van der Waals surface area contributed by atoms with Gasteiger partial charge < -0.3 is 5.73 Å². The topological polar surface area (TPSA) is 38.9 Å². The standard InChI is InChI=1S/C10H5F4IN2/c11-6-2-1-4-5(7(6)10(12,13)14)3-17-9(16)8(4)15/h1-3H,(H2,16,17). The molecular weight excluding hydrogens is 351 g/mol. The minimum Gasteiger partial charge on any atom is -0.383 e. The third-order valence-electron chi connectivity index (χ3n) is 2.27. The largest absolute Gasteiger partial charge is 0.419 e. The van der Waals surface area contributed by atoms with Crippen LogP contribution in [-0.4, -0.2) is 4.98 Å². The summed E-state index contributed by atoms with van der Waals surface area (Å²) >= 11 is 1.78. The number of pyridine rings is 1. The minimum absolute atomic E-state index is 0.123. The van der Waals surface area contributed by atoms with Gasteiger partial charge in [0.25, 0.3) is 0 Å². The third-order valence-corrected chi connectivity index (χ3v) is 3.41. The second-order valence-corrected chi connectivity index (χ2v) is 4.42. The molecule has 0 spiro atoms. The average Bonchev–Trinajstić information content (AvgIpc) is 2.21. The first kappa shape index (κ1) is 12.3.